The third-order valence-corrected chi connectivity index (χ3v) is 5.18. The average Bonchev–Trinajstić information content (AvgIpc) is 2.97. The molecule has 0 amide bonds. The third-order valence-electron chi connectivity index (χ3n) is 5.18. The second-order valence-corrected chi connectivity index (χ2v) is 6.19. The number of rotatable bonds is 4. The first-order valence-corrected chi connectivity index (χ1v) is 7.29. The van der Waals surface area contributed by atoms with Gasteiger partial charge in [-0.25, -0.2) is 0 Å². The average molecular weight is 253 g/mol. The summed E-state index contributed by atoms with van der Waals surface area (Å²) in [6, 6.07) is 0.226. The number of carboxylic acid groups (broad SMARTS) is 1. The predicted octanol–water partition coefficient (Wildman–Crippen LogP) is 1.50. The van der Waals surface area contributed by atoms with Gasteiger partial charge in [0, 0.05) is 19.3 Å². The van der Waals surface area contributed by atoms with E-state index in [0.717, 1.165) is 45.4 Å². The largest absolute Gasteiger partial charge is 0.481 e. The molecule has 0 aromatic carbocycles. The van der Waals surface area contributed by atoms with Gasteiger partial charge in [-0.2, -0.15) is 0 Å². The molecule has 4 nitrogen and oxygen atoms in total. The second-order valence-electron chi connectivity index (χ2n) is 6.19. The van der Waals surface area contributed by atoms with Crippen LogP contribution in [0.15, 0.2) is 0 Å². The lowest BCUT2D eigenvalue weighted by molar-refractivity contribution is -0.144. The fraction of sp³-hybridized carbons (Fsp3) is 0.929. The smallest absolute Gasteiger partial charge is 0.308 e. The van der Waals surface area contributed by atoms with E-state index in [9.17, 15) is 9.90 Å². The zero-order valence-corrected chi connectivity index (χ0v) is 10.8. The van der Waals surface area contributed by atoms with Crippen LogP contribution >= 0.6 is 0 Å². The molecule has 1 aliphatic heterocycles. The molecule has 1 saturated heterocycles. The lowest BCUT2D eigenvalue weighted by atomic mass is 9.84. The highest BCUT2D eigenvalue weighted by Crippen LogP contribution is 2.48. The van der Waals surface area contributed by atoms with Gasteiger partial charge < -0.3 is 15.2 Å². The first-order chi connectivity index (χ1) is 8.75. The summed E-state index contributed by atoms with van der Waals surface area (Å²) < 4.78 is 5.36. The molecule has 1 heterocycles. The standard InChI is InChI=1S/C14H23NO3/c16-14(17)12-10-1-2-11(7-10)13(12)15-8-9-3-5-18-6-4-9/h9-13,15H,1-8H2,(H,16,17). The van der Waals surface area contributed by atoms with Crippen molar-refractivity contribution in [1.82, 2.24) is 5.32 Å². The molecule has 4 atom stereocenters. The molecule has 3 fully saturated rings. The molecule has 3 aliphatic rings. The highest BCUT2D eigenvalue weighted by molar-refractivity contribution is 5.72. The normalized spacial score (nSPS) is 40.2. The number of aliphatic carboxylic acids is 1. The Labute approximate surface area is 108 Å². The number of hydrogen-bond acceptors (Lipinski definition) is 3. The molecule has 4 unspecified atom stereocenters. The number of carboxylic acids is 1. The van der Waals surface area contributed by atoms with Gasteiger partial charge in [0.15, 0.2) is 0 Å². The van der Waals surface area contributed by atoms with Gasteiger partial charge in [-0.1, -0.05) is 0 Å². The van der Waals surface area contributed by atoms with Gasteiger partial charge in [-0.15, -0.1) is 0 Å². The van der Waals surface area contributed by atoms with E-state index in [1.165, 1.54) is 6.42 Å². The van der Waals surface area contributed by atoms with E-state index < -0.39 is 5.97 Å². The van der Waals surface area contributed by atoms with E-state index in [1.807, 2.05) is 0 Å². The van der Waals surface area contributed by atoms with Crippen LogP contribution in [-0.2, 0) is 9.53 Å². The van der Waals surface area contributed by atoms with Crippen LogP contribution in [0.4, 0.5) is 0 Å². The summed E-state index contributed by atoms with van der Waals surface area (Å²) in [5, 5.41) is 13.0. The molecule has 2 bridgehead atoms. The summed E-state index contributed by atoms with van der Waals surface area (Å²) >= 11 is 0. The monoisotopic (exact) mass is 253 g/mol. The molecule has 0 spiro atoms. The maximum atomic E-state index is 11.4. The highest BCUT2D eigenvalue weighted by atomic mass is 16.5. The molecule has 2 saturated carbocycles. The van der Waals surface area contributed by atoms with Gasteiger partial charge in [0.25, 0.3) is 0 Å². The minimum absolute atomic E-state index is 0.136. The van der Waals surface area contributed by atoms with Gasteiger partial charge in [0.1, 0.15) is 0 Å². The van der Waals surface area contributed by atoms with Crippen LogP contribution < -0.4 is 5.32 Å². The zero-order valence-electron chi connectivity index (χ0n) is 10.8. The molecule has 0 aromatic heterocycles. The molecule has 4 heteroatoms. The van der Waals surface area contributed by atoms with Crippen molar-refractivity contribution in [3.63, 3.8) is 0 Å². The van der Waals surface area contributed by atoms with E-state index in [4.69, 9.17) is 4.74 Å². The van der Waals surface area contributed by atoms with E-state index >= 15 is 0 Å². The lowest BCUT2D eigenvalue weighted by Gasteiger charge is -2.31. The summed E-state index contributed by atoms with van der Waals surface area (Å²) in [6.07, 6.45) is 5.70. The number of fused-ring (bicyclic) bond motifs is 2. The van der Waals surface area contributed by atoms with Crippen molar-refractivity contribution in [2.24, 2.45) is 23.7 Å². The van der Waals surface area contributed by atoms with E-state index in [2.05, 4.69) is 5.32 Å². The predicted molar refractivity (Wildman–Crippen MR) is 67.3 cm³/mol. The molecule has 0 aromatic rings. The SMILES string of the molecule is O=C(O)C1C2CCC(C2)C1NCC1CCOCC1. The Morgan fingerprint density at radius 1 is 1.17 bits per heavy atom. The van der Waals surface area contributed by atoms with E-state index in [-0.39, 0.29) is 12.0 Å². The van der Waals surface area contributed by atoms with Crippen LogP contribution in [0.1, 0.15) is 32.1 Å². The van der Waals surface area contributed by atoms with Crippen LogP contribution in [0.5, 0.6) is 0 Å². The molecule has 2 aliphatic carbocycles. The van der Waals surface area contributed by atoms with Crippen molar-refractivity contribution in [1.29, 1.82) is 0 Å². The van der Waals surface area contributed by atoms with Crippen LogP contribution in [0.3, 0.4) is 0 Å². The Hall–Kier alpha value is -0.610. The molecular formula is C14H23NO3. The molecule has 18 heavy (non-hydrogen) atoms. The summed E-state index contributed by atoms with van der Waals surface area (Å²) in [7, 11) is 0. The van der Waals surface area contributed by atoms with Gasteiger partial charge in [-0.05, 0) is 56.4 Å². The summed E-state index contributed by atoms with van der Waals surface area (Å²) in [6.45, 7) is 2.71. The topological polar surface area (TPSA) is 58.6 Å². The first kappa shape index (κ1) is 12.4. The molecule has 0 radical (unpaired) electrons. The quantitative estimate of drug-likeness (QED) is 0.797. The van der Waals surface area contributed by atoms with Crippen LogP contribution in [0, 0.1) is 23.7 Å². The summed E-state index contributed by atoms with van der Waals surface area (Å²) in [5.74, 6) is 0.984. The summed E-state index contributed by atoms with van der Waals surface area (Å²) in [5.41, 5.74) is 0. The molecular weight excluding hydrogens is 230 g/mol. The van der Waals surface area contributed by atoms with Gasteiger partial charge >= 0.3 is 5.97 Å². The Morgan fingerprint density at radius 3 is 2.61 bits per heavy atom. The van der Waals surface area contributed by atoms with Crippen LogP contribution in [0.25, 0.3) is 0 Å². The number of carbonyl (C=O) groups is 1. The minimum atomic E-state index is -0.591. The first-order valence-electron chi connectivity index (χ1n) is 7.29. The highest BCUT2D eigenvalue weighted by Gasteiger charge is 2.50. The molecule has 3 rings (SSSR count). The van der Waals surface area contributed by atoms with Crippen molar-refractivity contribution in [3.05, 3.63) is 0 Å². The molecule has 102 valence electrons. The Morgan fingerprint density at radius 2 is 1.89 bits per heavy atom. The van der Waals surface area contributed by atoms with Crippen molar-refractivity contribution in [3.8, 4) is 0 Å². The van der Waals surface area contributed by atoms with Gasteiger partial charge in [0.2, 0.25) is 0 Å². The second kappa shape index (κ2) is 5.17. The maximum Gasteiger partial charge on any atom is 0.308 e. The van der Waals surface area contributed by atoms with E-state index in [0.29, 0.717) is 17.8 Å². The number of ether oxygens (including phenoxy) is 1. The van der Waals surface area contributed by atoms with Crippen molar-refractivity contribution in [2.75, 3.05) is 19.8 Å². The Bertz CT molecular complexity index is 314. The van der Waals surface area contributed by atoms with Gasteiger partial charge in [0.05, 0.1) is 5.92 Å². The van der Waals surface area contributed by atoms with Crippen molar-refractivity contribution in [2.45, 2.75) is 38.1 Å². The Balaban J connectivity index is 1.56. The minimum Gasteiger partial charge on any atom is -0.481 e. The van der Waals surface area contributed by atoms with Crippen LogP contribution in [0.2, 0.25) is 0 Å². The van der Waals surface area contributed by atoms with Crippen LogP contribution in [-0.4, -0.2) is 36.9 Å². The number of nitrogens with one attached hydrogen (secondary N) is 1. The maximum absolute atomic E-state index is 11.4. The molecule has 2 N–H and O–H groups in total. The fourth-order valence-corrected chi connectivity index (χ4v) is 4.19. The van der Waals surface area contributed by atoms with E-state index in [1.54, 1.807) is 0 Å². The lowest BCUT2D eigenvalue weighted by Crippen LogP contribution is -2.46. The summed E-state index contributed by atoms with van der Waals surface area (Å²) in [4.78, 5) is 11.4. The Kier molecular flexibility index (Phi) is 3.57. The fourth-order valence-electron chi connectivity index (χ4n) is 4.19. The van der Waals surface area contributed by atoms with Crippen molar-refractivity contribution < 1.29 is 14.6 Å². The van der Waals surface area contributed by atoms with Gasteiger partial charge in [-0.3, -0.25) is 4.79 Å². The number of hydrogen-bond donors (Lipinski definition) is 2. The van der Waals surface area contributed by atoms with Crippen molar-refractivity contribution >= 4 is 5.97 Å². The zero-order chi connectivity index (χ0) is 12.5. The third kappa shape index (κ3) is 2.28.